The number of nitrogens with zero attached hydrogens (tertiary/aromatic N) is 2. The average Bonchev–Trinajstić information content (AvgIpc) is 2.48. The Kier molecular flexibility index (Phi) is 3.33. The molecule has 5 nitrogen and oxygen atoms in total. The fourth-order valence-electron chi connectivity index (χ4n) is 2.67. The standard InChI is InChI=1S/C16H17N3O2/c1-10(2)15-16(21)19(9-14(20)18-15)13-5-3-4-11-8-17-7-6-12(11)13/h3-8,10,15H,9H2,1-2H3,(H,18,20). The molecule has 0 radical (unpaired) electrons. The summed E-state index contributed by atoms with van der Waals surface area (Å²) < 4.78 is 0. The molecule has 1 aliphatic rings. The van der Waals surface area contributed by atoms with Crippen LogP contribution in [0.25, 0.3) is 10.8 Å². The molecule has 1 aliphatic heterocycles. The zero-order chi connectivity index (χ0) is 15.0. The highest BCUT2D eigenvalue weighted by Gasteiger charge is 2.35. The molecule has 5 heteroatoms. The molecular formula is C16H17N3O2. The largest absolute Gasteiger partial charge is 0.342 e. The lowest BCUT2D eigenvalue weighted by Crippen LogP contribution is -2.60. The van der Waals surface area contributed by atoms with Crippen molar-refractivity contribution in [2.75, 3.05) is 11.4 Å². The third-order valence-corrected chi connectivity index (χ3v) is 3.77. The molecule has 1 aromatic carbocycles. The van der Waals surface area contributed by atoms with Crippen LogP contribution >= 0.6 is 0 Å². The summed E-state index contributed by atoms with van der Waals surface area (Å²) in [6.45, 7) is 3.92. The molecule has 0 saturated carbocycles. The minimum Gasteiger partial charge on any atom is -0.342 e. The first-order valence-corrected chi connectivity index (χ1v) is 7.01. The number of nitrogens with one attached hydrogen (secondary N) is 1. The first kappa shape index (κ1) is 13.5. The highest BCUT2D eigenvalue weighted by atomic mass is 16.2. The van der Waals surface area contributed by atoms with Crippen molar-refractivity contribution in [2.24, 2.45) is 5.92 Å². The number of hydrogen-bond donors (Lipinski definition) is 1. The van der Waals surface area contributed by atoms with Crippen molar-refractivity contribution in [3.63, 3.8) is 0 Å². The Bertz CT molecular complexity index is 706. The zero-order valence-electron chi connectivity index (χ0n) is 12.0. The summed E-state index contributed by atoms with van der Waals surface area (Å²) in [6.07, 6.45) is 3.45. The number of hydrogen-bond acceptors (Lipinski definition) is 3. The Balaban J connectivity index is 2.08. The molecule has 0 bridgehead atoms. The van der Waals surface area contributed by atoms with Crippen molar-refractivity contribution in [3.05, 3.63) is 36.7 Å². The maximum Gasteiger partial charge on any atom is 0.250 e. The van der Waals surface area contributed by atoms with Crippen LogP contribution in [-0.4, -0.2) is 29.4 Å². The third kappa shape index (κ3) is 2.35. The number of carbonyl (C=O) groups excluding carboxylic acids is 2. The van der Waals surface area contributed by atoms with E-state index in [0.29, 0.717) is 0 Å². The molecule has 2 heterocycles. The molecule has 1 N–H and O–H groups in total. The second kappa shape index (κ2) is 5.16. The minimum atomic E-state index is -0.469. The van der Waals surface area contributed by atoms with Crippen LogP contribution in [-0.2, 0) is 9.59 Å². The zero-order valence-corrected chi connectivity index (χ0v) is 12.0. The topological polar surface area (TPSA) is 62.3 Å². The quantitative estimate of drug-likeness (QED) is 0.913. The van der Waals surface area contributed by atoms with E-state index in [1.165, 1.54) is 0 Å². The molecule has 1 unspecified atom stereocenters. The highest BCUT2D eigenvalue weighted by molar-refractivity contribution is 6.11. The number of fused-ring (bicyclic) bond motifs is 1. The van der Waals surface area contributed by atoms with Gasteiger partial charge in [0.1, 0.15) is 12.6 Å². The monoisotopic (exact) mass is 283 g/mol. The highest BCUT2D eigenvalue weighted by Crippen LogP contribution is 2.28. The number of aromatic nitrogens is 1. The molecule has 21 heavy (non-hydrogen) atoms. The van der Waals surface area contributed by atoms with Crippen LogP contribution in [0.2, 0.25) is 0 Å². The van der Waals surface area contributed by atoms with Gasteiger partial charge in [-0.15, -0.1) is 0 Å². The summed E-state index contributed by atoms with van der Waals surface area (Å²) in [5.41, 5.74) is 0.764. The number of piperazine rings is 1. The van der Waals surface area contributed by atoms with E-state index in [9.17, 15) is 9.59 Å². The van der Waals surface area contributed by atoms with Gasteiger partial charge in [-0.3, -0.25) is 14.6 Å². The fraction of sp³-hybridized carbons (Fsp3) is 0.312. The number of pyridine rings is 1. The fourth-order valence-corrected chi connectivity index (χ4v) is 2.67. The van der Waals surface area contributed by atoms with Crippen LogP contribution in [0.5, 0.6) is 0 Å². The predicted octanol–water partition coefficient (Wildman–Crippen LogP) is 1.72. The minimum absolute atomic E-state index is 0.0564. The van der Waals surface area contributed by atoms with Crippen LogP contribution in [0.3, 0.4) is 0 Å². The van der Waals surface area contributed by atoms with Crippen LogP contribution in [0.15, 0.2) is 36.7 Å². The van der Waals surface area contributed by atoms with Gasteiger partial charge in [-0.25, -0.2) is 0 Å². The number of amides is 2. The number of anilines is 1. The molecule has 0 spiro atoms. The van der Waals surface area contributed by atoms with Gasteiger partial charge in [0.05, 0.1) is 5.69 Å². The summed E-state index contributed by atoms with van der Waals surface area (Å²) in [5.74, 6) is -0.130. The van der Waals surface area contributed by atoms with Crippen LogP contribution in [0.4, 0.5) is 5.69 Å². The molecule has 1 atom stereocenters. The van der Waals surface area contributed by atoms with E-state index < -0.39 is 6.04 Å². The summed E-state index contributed by atoms with van der Waals surface area (Å²) in [6, 6.07) is 7.10. The molecule has 2 amide bonds. The summed E-state index contributed by atoms with van der Waals surface area (Å²) in [4.78, 5) is 30.2. The van der Waals surface area contributed by atoms with Gasteiger partial charge in [-0.05, 0) is 18.1 Å². The van der Waals surface area contributed by atoms with Crippen molar-refractivity contribution in [2.45, 2.75) is 19.9 Å². The molecule has 2 aromatic rings. The maximum atomic E-state index is 12.7. The van der Waals surface area contributed by atoms with Crippen molar-refractivity contribution in [3.8, 4) is 0 Å². The van der Waals surface area contributed by atoms with E-state index in [2.05, 4.69) is 10.3 Å². The first-order chi connectivity index (χ1) is 10.1. The van der Waals surface area contributed by atoms with Gasteiger partial charge < -0.3 is 10.2 Å². The first-order valence-electron chi connectivity index (χ1n) is 7.01. The molecule has 0 aliphatic carbocycles. The molecule has 1 fully saturated rings. The third-order valence-electron chi connectivity index (χ3n) is 3.77. The normalized spacial score (nSPS) is 19.2. The van der Waals surface area contributed by atoms with Crippen LogP contribution in [0, 0.1) is 5.92 Å². The van der Waals surface area contributed by atoms with Gasteiger partial charge in [-0.2, -0.15) is 0 Å². The van der Waals surface area contributed by atoms with E-state index in [4.69, 9.17) is 0 Å². The lowest BCUT2D eigenvalue weighted by Gasteiger charge is -2.34. The Morgan fingerprint density at radius 1 is 1.29 bits per heavy atom. The number of carbonyl (C=O) groups is 2. The van der Waals surface area contributed by atoms with Gasteiger partial charge in [0.15, 0.2) is 0 Å². The van der Waals surface area contributed by atoms with Gasteiger partial charge >= 0.3 is 0 Å². The Morgan fingerprint density at radius 3 is 2.86 bits per heavy atom. The number of rotatable bonds is 2. The summed E-state index contributed by atoms with van der Waals surface area (Å²) in [5, 5.41) is 4.65. The average molecular weight is 283 g/mol. The summed E-state index contributed by atoms with van der Waals surface area (Å²) >= 11 is 0. The van der Waals surface area contributed by atoms with E-state index in [-0.39, 0.29) is 24.3 Å². The van der Waals surface area contributed by atoms with E-state index in [0.717, 1.165) is 16.5 Å². The smallest absolute Gasteiger partial charge is 0.250 e. The second-order valence-corrected chi connectivity index (χ2v) is 5.59. The lowest BCUT2D eigenvalue weighted by molar-refractivity contribution is -0.132. The lowest BCUT2D eigenvalue weighted by atomic mass is 9.99. The van der Waals surface area contributed by atoms with Crippen molar-refractivity contribution >= 4 is 28.3 Å². The Morgan fingerprint density at radius 2 is 2.10 bits per heavy atom. The van der Waals surface area contributed by atoms with E-state index >= 15 is 0 Å². The molecule has 1 saturated heterocycles. The molecule has 108 valence electrons. The Hall–Kier alpha value is -2.43. The number of benzene rings is 1. The second-order valence-electron chi connectivity index (χ2n) is 5.59. The van der Waals surface area contributed by atoms with E-state index in [1.54, 1.807) is 17.3 Å². The molecule has 3 rings (SSSR count). The maximum absolute atomic E-state index is 12.7. The van der Waals surface area contributed by atoms with Crippen molar-refractivity contribution < 1.29 is 9.59 Å². The van der Waals surface area contributed by atoms with E-state index in [1.807, 2.05) is 38.1 Å². The van der Waals surface area contributed by atoms with Gasteiger partial charge in [0.2, 0.25) is 11.8 Å². The predicted molar refractivity (Wildman–Crippen MR) is 80.9 cm³/mol. The van der Waals surface area contributed by atoms with Crippen molar-refractivity contribution in [1.29, 1.82) is 0 Å². The van der Waals surface area contributed by atoms with Gasteiger partial charge in [0.25, 0.3) is 0 Å². The van der Waals surface area contributed by atoms with Crippen LogP contribution in [0.1, 0.15) is 13.8 Å². The van der Waals surface area contributed by atoms with Crippen LogP contribution < -0.4 is 10.2 Å². The Labute approximate surface area is 123 Å². The molecule has 1 aromatic heterocycles. The summed E-state index contributed by atoms with van der Waals surface area (Å²) in [7, 11) is 0. The van der Waals surface area contributed by atoms with Crippen molar-refractivity contribution in [1.82, 2.24) is 10.3 Å². The van der Waals surface area contributed by atoms with Gasteiger partial charge in [0, 0.05) is 23.2 Å². The SMILES string of the molecule is CC(C)C1NC(=O)CN(c2cccc3cnccc23)C1=O. The molecular weight excluding hydrogens is 266 g/mol. The van der Waals surface area contributed by atoms with Gasteiger partial charge in [-0.1, -0.05) is 26.0 Å².